The molecule has 0 unspecified atom stereocenters. The van der Waals surface area contributed by atoms with Gasteiger partial charge in [0.15, 0.2) is 5.96 Å². The lowest BCUT2D eigenvalue weighted by atomic mass is 10.1. The predicted molar refractivity (Wildman–Crippen MR) is 129 cm³/mol. The summed E-state index contributed by atoms with van der Waals surface area (Å²) in [6.45, 7) is 4.52. The second-order valence-electron chi connectivity index (χ2n) is 6.08. The van der Waals surface area contributed by atoms with Gasteiger partial charge in [0.05, 0.1) is 6.61 Å². The predicted octanol–water partition coefficient (Wildman–Crippen LogP) is 4.23. The van der Waals surface area contributed by atoms with E-state index in [0.717, 1.165) is 23.8 Å². The molecule has 2 aromatic rings. The third-order valence-electron chi connectivity index (χ3n) is 4.06. The first kappa shape index (κ1) is 24.6. The van der Waals surface area contributed by atoms with Crippen LogP contribution in [-0.4, -0.2) is 39.6 Å². The summed E-state index contributed by atoms with van der Waals surface area (Å²) in [5.41, 5.74) is 3.47. The first-order valence-electron chi connectivity index (χ1n) is 8.95. The van der Waals surface area contributed by atoms with E-state index in [1.54, 1.807) is 25.9 Å². The number of nitrogens with zero attached hydrogens (tertiary/aromatic N) is 1. The van der Waals surface area contributed by atoms with Crippen LogP contribution in [0.3, 0.4) is 0 Å². The van der Waals surface area contributed by atoms with Crippen LogP contribution in [0, 0.1) is 6.92 Å². The number of benzene rings is 2. The van der Waals surface area contributed by atoms with Crippen molar-refractivity contribution in [1.82, 2.24) is 10.6 Å². The molecule has 0 atom stereocenters. The average Bonchev–Trinajstić information content (AvgIpc) is 2.70. The molecular formula is C21H30IN3O2S. The second-order valence-corrected chi connectivity index (χ2v) is 6.96. The molecule has 0 aliphatic heterocycles. The molecule has 0 bridgehead atoms. The summed E-state index contributed by atoms with van der Waals surface area (Å²) in [5.74, 6) is 1.63. The van der Waals surface area contributed by atoms with Gasteiger partial charge in [-0.1, -0.05) is 24.3 Å². The number of nitrogens with one attached hydrogen (secondary N) is 2. The van der Waals surface area contributed by atoms with E-state index < -0.39 is 0 Å². The molecule has 154 valence electrons. The number of ether oxygens (including phenoxy) is 2. The van der Waals surface area contributed by atoms with Gasteiger partial charge in [0.25, 0.3) is 0 Å². The van der Waals surface area contributed by atoms with E-state index in [1.165, 1.54) is 16.0 Å². The SMILES string of the molecule is CN=C(NCc1ccc(SC)cc1)NCc1ccc(C)cc1OCCOC.I. The first-order chi connectivity index (χ1) is 13.2. The van der Waals surface area contributed by atoms with Crippen LogP contribution in [-0.2, 0) is 17.8 Å². The number of hydrogen-bond acceptors (Lipinski definition) is 4. The highest BCUT2D eigenvalue weighted by Crippen LogP contribution is 2.20. The minimum Gasteiger partial charge on any atom is -0.491 e. The summed E-state index contributed by atoms with van der Waals surface area (Å²) in [6.07, 6.45) is 2.08. The average molecular weight is 515 g/mol. The summed E-state index contributed by atoms with van der Waals surface area (Å²) in [5, 5.41) is 6.70. The molecule has 5 nitrogen and oxygen atoms in total. The number of rotatable bonds is 9. The van der Waals surface area contributed by atoms with Gasteiger partial charge < -0.3 is 20.1 Å². The minimum atomic E-state index is 0. The Morgan fingerprint density at radius 2 is 1.75 bits per heavy atom. The van der Waals surface area contributed by atoms with E-state index in [0.29, 0.717) is 19.8 Å². The number of thioether (sulfide) groups is 1. The van der Waals surface area contributed by atoms with E-state index in [9.17, 15) is 0 Å². The molecule has 0 fully saturated rings. The van der Waals surface area contributed by atoms with Crippen LogP contribution in [0.2, 0.25) is 0 Å². The highest BCUT2D eigenvalue weighted by Gasteiger charge is 2.06. The van der Waals surface area contributed by atoms with E-state index in [2.05, 4.69) is 71.3 Å². The fourth-order valence-corrected chi connectivity index (χ4v) is 2.91. The largest absolute Gasteiger partial charge is 0.491 e. The van der Waals surface area contributed by atoms with E-state index in [4.69, 9.17) is 9.47 Å². The van der Waals surface area contributed by atoms with Gasteiger partial charge in [-0.15, -0.1) is 35.7 Å². The normalized spacial score (nSPS) is 10.9. The lowest BCUT2D eigenvalue weighted by Gasteiger charge is -2.15. The minimum absolute atomic E-state index is 0. The van der Waals surface area contributed by atoms with Crippen molar-refractivity contribution in [3.05, 3.63) is 59.2 Å². The van der Waals surface area contributed by atoms with Gasteiger partial charge in [0.2, 0.25) is 0 Å². The standard InChI is InChI=1S/C21H29N3O2S.HI/c1-16-5-8-18(20(13-16)26-12-11-25-3)15-24-21(22-2)23-14-17-6-9-19(27-4)10-7-17;/h5-10,13H,11-12,14-15H2,1-4H3,(H2,22,23,24);1H. The number of hydrogen-bond donors (Lipinski definition) is 2. The molecule has 0 aliphatic carbocycles. The molecule has 0 spiro atoms. The zero-order chi connectivity index (χ0) is 19.5. The van der Waals surface area contributed by atoms with Gasteiger partial charge in [0.1, 0.15) is 12.4 Å². The molecule has 0 aromatic heterocycles. The molecule has 0 saturated carbocycles. The van der Waals surface area contributed by atoms with Crippen LogP contribution in [0.4, 0.5) is 0 Å². The van der Waals surface area contributed by atoms with Gasteiger partial charge in [-0.2, -0.15) is 0 Å². The fraction of sp³-hybridized carbons (Fsp3) is 0.381. The number of methoxy groups -OCH3 is 1. The summed E-state index contributed by atoms with van der Waals surface area (Å²) in [4.78, 5) is 5.57. The lowest BCUT2D eigenvalue weighted by Crippen LogP contribution is -2.36. The van der Waals surface area contributed by atoms with Crippen LogP contribution < -0.4 is 15.4 Å². The van der Waals surface area contributed by atoms with Crippen molar-refractivity contribution in [2.24, 2.45) is 4.99 Å². The molecule has 2 N–H and O–H groups in total. The van der Waals surface area contributed by atoms with Crippen molar-refractivity contribution in [3.63, 3.8) is 0 Å². The highest BCUT2D eigenvalue weighted by molar-refractivity contribution is 14.0. The van der Waals surface area contributed by atoms with Crippen LogP contribution in [0.5, 0.6) is 5.75 Å². The van der Waals surface area contributed by atoms with Crippen molar-refractivity contribution in [1.29, 1.82) is 0 Å². The third kappa shape index (κ3) is 8.28. The molecule has 7 heteroatoms. The van der Waals surface area contributed by atoms with Crippen molar-refractivity contribution in [2.75, 3.05) is 33.6 Å². The van der Waals surface area contributed by atoms with Crippen molar-refractivity contribution in [2.45, 2.75) is 24.9 Å². The summed E-state index contributed by atoms with van der Waals surface area (Å²) in [6, 6.07) is 14.8. The monoisotopic (exact) mass is 515 g/mol. The van der Waals surface area contributed by atoms with Crippen molar-refractivity contribution in [3.8, 4) is 5.75 Å². The zero-order valence-corrected chi connectivity index (χ0v) is 20.1. The molecule has 28 heavy (non-hydrogen) atoms. The van der Waals surface area contributed by atoms with Gasteiger partial charge in [-0.3, -0.25) is 4.99 Å². The second kappa shape index (κ2) is 13.7. The maximum absolute atomic E-state index is 5.85. The topological polar surface area (TPSA) is 54.9 Å². The zero-order valence-electron chi connectivity index (χ0n) is 17.0. The molecule has 0 saturated heterocycles. The smallest absolute Gasteiger partial charge is 0.191 e. The number of halogens is 1. The van der Waals surface area contributed by atoms with Gasteiger partial charge in [-0.25, -0.2) is 0 Å². The van der Waals surface area contributed by atoms with Gasteiger partial charge >= 0.3 is 0 Å². The quantitative estimate of drug-likeness (QED) is 0.172. The summed E-state index contributed by atoms with van der Waals surface area (Å²) in [7, 11) is 3.45. The Balaban J connectivity index is 0.00000392. The summed E-state index contributed by atoms with van der Waals surface area (Å²) >= 11 is 1.75. The Hall–Kier alpha value is -1.45. The molecule has 0 heterocycles. The molecular weight excluding hydrogens is 485 g/mol. The van der Waals surface area contributed by atoms with Crippen LogP contribution in [0.15, 0.2) is 52.4 Å². The Kier molecular flexibility index (Phi) is 12.0. The van der Waals surface area contributed by atoms with Crippen LogP contribution in [0.25, 0.3) is 0 Å². The Morgan fingerprint density at radius 3 is 2.39 bits per heavy atom. The molecule has 0 radical (unpaired) electrons. The molecule has 2 aromatic carbocycles. The lowest BCUT2D eigenvalue weighted by molar-refractivity contribution is 0.145. The van der Waals surface area contributed by atoms with Gasteiger partial charge in [0, 0.05) is 37.7 Å². The van der Waals surface area contributed by atoms with Crippen molar-refractivity contribution < 1.29 is 9.47 Å². The van der Waals surface area contributed by atoms with Crippen LogP contribution in [0.1, 0.15) is 16.7 Å². The first-order valence-corrected chi connectivity index (χ1v) is 10.2. The molecule has 0 amide bonds. The van der Waals surface area contributed by atoms with E-state index in [1.807, 2.05) is 0 Å². The Labute approximate surface area is 189 Å². The Bertz CT molecular complexity index is 739. The molecule has 2 rings (SSSR count). The Morgan fingerprint density at radius 1 is 1.04 bits per heavy atom. The van der Waals surface area contributed by atoms with Crippen molar-refractivity contribution >= 4 is 41.7 Å². The van der Waals surface area contributed by atoms with Crippen LogP contribution >= 0.6 is 35.7 Å². The van der Waals surface area contributed by atoms with E-state index in [-0.39, 0.29) is 24.0 Å². The highest BCUT2D eigenvalue weighted by atomic mass is 127. The number of guanidine groups is 1. The maximum atomic E-state index is 5.85. The molecule has 0 aliphatic rings. The number of aryl methyl sites for hydroxylation is 1. The number of aliphatic imine (C=N–C) groups is 1. The maximum Gasteiger partial charge on any atom is 0.191 e. The third-order valence-corrected chi connectivity index (χ3v) is 4.80. The fourth-order valence-electron chi connectivity index (χ4n) is 2.51. The van der Waals surface area contributed by atoms with Gasteiger partial charge in [-0.05, 0) is 42.5 Å². The van der Waals surface area contributed by atoms with E-state index >= 15 is 0 Å². The summed E-state index contributed by atoms with van der Waals surface area (Å²) < 4.78 is 10.9.